The highest BCUT2D eigenvalue weighted by Crippen LogP contribution is 2.26. The molecule has 18 heavy (non-hydrogen) atoms. The Labute approximate surface area is 111 Å². The maximum Gasteiger partial charge on any atom is 0.242 e. The van der Waals surface area contributed by atoms with Crippen LogP contribution in [0.2, 0.25) is 5.02 Å². The van der Waals surface area contributed by atoms with Crippen molar-refractivity contribution in [2.24, 2.45) is 0 Å². The molecule has 100 valence electrons. The van der Waals surface area contributed by atoms with E-state index in [4.69, 9.17) is 16.3 Å². The van der Waals surface area contributed by atoms with E-state index in [1.807, 2.05) is 0 Å². The maximum atomic E-state index is 11.7. The summed E-state index contributed by atoms with van der Waals surface area (Å²) in [6.07, 6.45) is 1.01. The molecule has 0 aromatic heterocycles. The van der Waals surface area contributed by atoms with Crippen LogP contribution in [0.4, 0.5) is 5.69 Å². The number of carbonyl (C=O) groups excluding carboxylic acids is 1. The number of amides is 1. The van der Waals surface area contributed by atoms with E-state index in [9.17, 15) is 13.2 Å². The molecule has 0 aliphatic heterocycles. The summed E-state index contributed by atoms with van der Waals surface area (Å²) in [6.45, 7) is 1.32. The maximum absolute atomic E-state index is 11.7. The van der Waals surface area contributed by atoms with Gasteiger partial charge < -0.3 is 10.1 Å². The fourth-order valence-electron chi connectivity index (χ4n) is 1.15. The number of hydrogen-bond acceptors (Lipinski definition) is 4. The largest absolute Gasteiger partial charge is 0.497 e. The average molecular weight is 292 g/mol. The Balaban J connectivity index is 2.89. The summed E-state index contributed by atoms with van der Waals surface area (Å²) in [4.78, 5) is 11.7. The third kappa shape index (κ3) is 3.61. The fourth-order valence-corrected chi connectivity index (χ4v) is 1.82. The van der Waals surface area contributed by atoms with Gasteiger partial charge in [-0.25, -0.2) is 8.42 Å². The van der Waals surface area contributed by atoms with Gasteiger partial charge in [-0.2, -0.15) is 0 Å². The third-order valence-electron chi connectivity index (χ3n) is 2.45. The summed E-state index contributed by atoms with van der Waals surface area (Å²) in [5.41, 5.74) is 0.345. The van der Waals surface area contributed by atoms with Gasteiger partial charge >= 0.3 is 0 Å². The van der Waals surface area contributed by atoms with E-state index in [-0.39, 0.29) is 5.02 Å². The van der Waals surface area contributed by atoms with E-state index in [0.29, 0.717) is 11.4 Å². The van der Waals surface area contributed by atoms with Crippen LogP contribution in [0.5, 0.6) is 5.75 Å². The summed E-state index contributed by atoms with van der Waals surface area (Å²) in [5, 5.41) is 1.61. The van der Waals surface area contributed by atoms with Crippen molar-refractivity contribution in [1.82, 2.24) is 0 Å². The number of ether oxygens (including phenoxy) is 1. The van der Waals surface area contributed by atoms with Crippen LogP contribution in [0.3, 0.4) is 0 Å². The van der Waals surface area contributed by atoms with Gasteiger partial charge in [0, 0.05) is 12.3 Å². The van der Waals surface area contributed by atoms with Gasteiger partial charge in [0.05, 0.1) is 17.8 Å². The van der Waals surface area contributed by atoms with E-state index in [1.54, 1.807) is 12.1 Å². The van der Waals surface area contributed by atoms with Gasteiger partial charge in [-0.1, -0.05) is 11.6 Å². The molecule has 7 heteroatoms. The molecule has 0 spiro atoms. The highest BCUT2D eigenvalue weighted by atomic mass is 35.5. The van der Waals surface area contributed by atoms with Crippen molar-refractivity contribution < 1.29 is 17.9 Å². The summed E-state index contributed by atoms with van der Waals surface area (Å²) < 4.78 is 27.4. The molecule has 5 nitrogen and oxygen atoms in total. The Morgan fingerprint density at radius 2 is 2.06 bits per heavy atom. The molecule has 1 N–H and O–H groups in total. The third-order valence-corrected chi connectivity index (χ3v) is 4.26. The van der Waals surface area contributed by atoms with E-state index in [2.05, 4.69) is 5.32 Å². The minimum atomic E-state index is -3.43. The lowest BCUT2D eigenvalue weighted by Gasteiger charge is -2.12. The molecule has 1 rings (SSSR count). The topological polar surface area (TPSA) is 72.5 Å². The Bertz CT molecular complexity index is 556. The van der Waals surface area contributed by atoms with Gasteiger partial charge in [0.25, 0.3) is 0 Å². The highest BCUT2D eigenvalue weighted by molar-refractivity contribution is 7.92. The predicted octanol–water partition coefficient (Wildman–Crippen LogP) is 1.72. The van der Waals surface area contributed by atoms with E-state index in [1.165, 1.54) is 20.1 Å². The van der Waals surface area contributed by atoms with Crippen LogP contribution in [-0.2, 0) is 14.6 Å². The molecular formula is C11H14ClNO4S. The monoisotopic (exact) mass is 291 g/mol. The van der Waals surface area contributed by atoms with Gasteiger partial charge in [0.1, 0.15) is 11.0 Å². The highest BCUT2D eigenvalue weighted by Gasteiger charge is 2.24. The number of benzene rings is 1. The Morgan fingerprint density at radius 1 is 1.44 bits per heavy atom. The first kappa shape index (κ1) is 14.8. The molecular weight excluding hydrogens is 278 g/mol. The lowest BCUT2D eigenvalue weighted by Crippen LogP contribution is -2.31. The first-order valence-electron chi connectivity index (χ1n) is 5.09. The molecule has 0 fully saturated rings. The summed E-state index contributed by atoms with van der Waals surface area (Å²) in [6, 6.07) is 4.70. The van der Waals surface area contributed by atoms with Crippen molar-refractivity contribution in [2.45, 2.75) is 12.2 Å². The van der Waals surface area contributed by atoms with Gasteiger partial charge in [-0.15, -0.1) is 0 Å². The zero-order valence-corrected chi connectivity index (χ0v) is 11.8. The van der Waals surface area contributed by atoms with Crippen molar-refractivity contribution in [3.63, 3.8) is 0 Å². The predicted molar refractivity (Wildman–Crippen MR) is 70.9 cm³/mol. The molecule has 1 aromatic carbocycles. The van der Waals surface area contributed by atoms with Gasteiger partial charge in [0.15, 0.2) is 9.84 Å². The van der Waals surface area contributed by atoms with Gasteiger partial charge in [-0.3, -0.25) is 4.79 Å². The van der Waals surface area contributed by atoms with E-state index >= 15 is 0 Å². The number of methoxy groups -OCH3 is 1. The average Bonchev–Trinajstić information content (AvgIpc) is 2.29. The second-order valence-electron chi connectivity index (χ2n) is 3.81. The minimum absolute atomic E-state index is 0.281. The number of hydrogen-bond donors (Lipinski definition) is 1. The second kappa shape index (κ2) is 5.58. The number of sulfone groups is 1. The number of carbonyl (C=O) groups is 1. The number of anilines is 1. The van der Waals surface area contributed by atoms with Crippen molar-refractivity contribution in [2.75, 3.05) is 18.7 Å². The molecule has 0 saturated heterocycles. The lowest BCUT2D eigenvalue weighted by atomic mass is 10.3. The minimum Gasteiger partial charge on any atom is -0.497 e. The van der Waals surface area contributed by atoms with Crippen LogP contribution < -0.4 is 10.1 Å². The van der Waals surface area contributed by atoms with Gasteiger partial charge in [0.2, 0.25) is 5.91 Å². The van der Waals surface area contributed by atoms with Crippen LogP contribution in [0.1, 0.15) is 6.92 Å². The molecule has 0 saturated carbocycles. The Morgan fingerprint density at radius 3 is 2.50 bits per heavy atom. The SMILES string of the molecule is COc1ccc(NC(=O)C(C)S(C)(=O)=O)c(Cl)c1. The zero-order valence-electron chi connectivity index (χ0n) is 10.2. The molecule has 0 aliphatic rings. The van der Waals surface area contributed by atoms with E-state index < -0.39 is 21.0 Å². The number of nitrogens with one attached hydrogen (secondary N) is 1. The first-order valence-corrected chi connectivity index (χ1v) is 7.42. The molecule has 0 aliphatic carbocycles. The summed E-state index contributed by atoms with van der Waals surface area (Å²) in [5.74, 6) is -0.0706. The van der Waals surface area contributed by atoms with Crippen LogP contribution in [0.15, 0.2) is 18.2 Å². The first-order chi connectivity index (χ1) is 8.25. The summed E-state index contributed by atoms with van der Waals surface area (Å²) >= 11 is 5.93. The van der Waals surface area contributed by atoms with Crippen LogP contribution in [0, 0.1) is 0 Å². The normalized spacial score (nSPS) is 12.9. The number of halogens is 1. The van der Waals surface area contributed by atoms with Crippen molar-refractivity contribution in [3.05, 3.63) is 23.2 Å². The zero-order chi connectivity index (χ0) is 13.9. The van der Waals surface area contributed by atoms with Crippen molar-refractivity contribution in [1.29, 1.82) is 0 Å². The van der Waals surface area contributed by atoms with Gasteiger partial charge in [-0.05, 0) is 19.1 Å². The second-order valence-corrected chi connectivity index (χ2v) is 6.58. The van der Waals surface area contributed by atoms with Crippen LogP contribution in [-0.4, -0.2) is 32.9 Å². The van der Waals surface area contributed by atoms with Crippen molar-refractivity contribution >= 4 is 33.0 Å². The molecule has 0 radical (unpaired) electrons. The molecule has 1 atom stereocenters. The molecule has 1 unspecified atom stereocenters. The smallest absolute Gasteiger partial charge is 0.242 e. The van der Waals surface area contributed by atoms with Crippen LogP contribution in [0.25, 0.3) is 0 Å². The standard InChI is InChI=1S/C11H14ClNO4S/c1-7(18(3,15)16)11(14)13-10-5-4-8(17-2)6-9(10)12/h4-7H,1-3H3,(H,13,14). The Hall–Kier alpha value is -1.27. The fraction of sp³-hybridized carbons (Fsp3) is 0.364. The lowest BCUT2D eigenvalue weighted by molar-refractivity contribution is -0.115. The van der Waals surface area contributed by atoms with Crippen LogP contribution >= 0.6 is 11.6 Å². The Kier molecular flexibility index (Phi) is 4.59. The molecule has 1 amide bonds. The summed E-state index contributed by atoms with van der Waals surface area (Å²) in [7, 11) is -1.93. The van der Waals surface area contributed by atoms with Crippen molar-refractivity contribution in [3.8, 4) is 5.75 Å². The molecule has 0 bridgehead atoms. The molecule has 0 heterocycles. The van der Waals surface area contributed by atoms with E-state index in [0.717, 1.165) is 6.26 Å². The molecule has 1 aromatic rings. The number of rotatable bonds is 4. The quantitative estimate of drug-likeness (QED) is 0.917.